The Morgan fingerprint density at radius 2 is 1.50 bits per heavy atom. The average Bonchev–Trinajstić information content (AvgIpc) is 2.42. The molecule has 20 heavy (non-hydrogen) atoms. The zero-order valence-electron chi connectivity index (χ0n) is 11.1. The van der Waals surface area contributed by atoms with Gasteiger partial charge in [0.2, 0.25) is 0 Å². The third-order valence-electron chi connectivity index (χ3n) is 2.92. The summed E-state index contributed by atoms with van der Waals surface area (Å²) in [7, 11) is -2.38. The molecule has 0 saturated carbocycles. The molecule has 0 bridgehead atoms. The van der Waals surface area contributed by atoms with Crippen LogP contribution in [0, 0.1) is 6.92 Å². The van der Waals surface area contributed by atoms with Crippen LogP contribution in [0.4, 0.5) is 0 Å². The Labute approximate surface area is 121 Å². The van der Waals surface area contributed by atoms with E-state index >= 15 is 0 Å². The number of rotatable bonds is 6. The lowest BCUT2D eigenvalue weighted by molar-refractivity contribution is 0.322. The van der Waals surface area contributed by atoms with Gasteiger partial charge in [-0.2, -0.15) is 0 Å². The molecule has 3 nitrogen and oxygen atoms in total. The second-order valence-electron chi connectivity index (χ2n) is 4.55. The minimum absolute atomic E-state index is 0.0764. The molecule has 0 aliphatic carbocycles. The molecular weight excluding hydrogens is 272 g/mol. The van der Waals surface area contributed by atoms with Gasteiger partial charge in [-0.3, -0.25) is 0 Å². The molecule has 0 aromatic heterocycles. The lowest BCUT2D eigenvalue weighted by atomic mass is 10.1. The van der Waals surface area contributed by atoms with Crippen LogP contribution in [0.5, 0.6) is 5.75 Å². The summed E-state index contributed by atoms with van der Waals surface area (Å²) in [6.45, 7) is 4.43. The normalized spacial score (nSPS) is 10.7. The minimum Gasteiger partial charge on any atom is -0.493 e. The van der Waals surface area contributed by atoms with E-state index in [1.54, 1.807) is 24.3 Å². The predicted octanol–water partition coefficient (Wildman–Crippen LogP) is 2.60. The molecular formula is C16H17O3S. The summed E-state index contributed by atoms with van der Waals surface area (Å²) in [5.74, 6) is 0.830. The van der Waals surface area contributed by atoms with Crippen molar-refractivity contribution in [2.24, 2.45) is 0 Å². The van der Waals surface area contributed by atoms with Gasteiger partial charge in [0, 0.05) is 6.42 Å². The first kappa shape index (κ1) is 14.6. The van der Waals surface area contributed by atoms with Gasteiger partial charge in [-0.05, 0) is 35.7 Å². The van der Waals surface area contributed by atoms with E-state index in [0.717, 1.165) is 23.3 Å². The van der Waals surface area contributed by atoms with E-state index in [2.05, 4.69) is 6.92 Å². The van der Waals surface area contributed by atoms with Crippen molar-refractivity contribution < 1.29 is 13.2 Å². The molecule has 0 aliphatic heterocycles. The molecule has 2 rings (SSSR count). The van der Waals surface area contributed by atoms with Gasteiger partial charge in [-0.1, -0.05) is 36.4 Å². The number of benzene rings is 2. The number of hydrogen-bond donors (Lipinski definition) is 1. The van der Waals surface area contributed by atoms with Crippen molar-refractivity contribution in [3.05, 3.63) is 72.1 Å². The fourth-order valence-corrected chi connectivity index (χ4v) is 2.34. The van der Waals surface area contributed by atoms with Crippen LogP contribution in [-0.2, 0) is 22.9 Å². The molecule has 0 N–H and O–H groups in total. The van der Waals surface area contributed by atoms with Crippen molar-refractivity contribution in [3.63, 3.8) is 0 Å². The first-order chi connectivity index (χ1) is 9.63. The monoisotopic (exact) mass is 289 g/mol. The van der Waals surface area contributed by atoms with E-state index in [1.165, 1.54) is 5.56 Å². The van der Waals surface area contributed by atoms with Gasteiger partial charge in [0.1, 0.15) is 16.5 Å². The van der Waals surface area contributed by atoms with Crippen LogP contribution in [0.2, 0.25) is 0 Å². The van der Waals surface area contributed by atoms with Gasteiger partial charge in [-0.25, -0.2) is 8.42 Å². The molecule has 0 heterocycles. The summed E-state index contributed by atoms with van der Waals surface area (Å²) in [5, 5.41) is 0. The highest BCUT2D eigenvalue weighted by Gasteiger charge is 1.98. The van der Waals surface area contributed by atoms with Gasteiger partial charge in [0.15, 0.2) is 0 Å². The molecule has 2 aromatic rings. The van der Waals surface area contributed by atoms with E-state index in [9.17, 15) is 8.42 Å². The van der Waals surface area contributed by atoms with Crippen LogP contribution in [0.3, 0.4) is 0 Å². The van der Waals surface area contributed by atoms with Crippen LogP contribution in [0.1, 0.15) is 16.7 Å². The van der Waals surface area contributed by atoms with E-state index < -0.39 is 10.7 Å². The maximum atomic E-state index is 10.6. The zero-order valence-corrected chi connectivity index (χ0v) is 12.0. The highest BCUT2D eigenvalue weighted by molar-refractivity contribution is 7.71. The number of thiol groups is 1. The molecule has 0 unspecified atom stereocenters. The lowest BCUT2D eigenvalue weighted by Gasteiger charge is -2.07. The van der Waals surface area contributed by atoms with Crippen molar-refractivity contribution in [2.75, 3.05) is 6.61 Å². The highest BCUT2D eigenvalue weighted by atomic mass is 32.2. The van der Waals surface area contributed by atoms with Crippen LogP contribution in [0.25, 0.3) is 0 Å². The molecule has 4 heteroatoms. The Balaban J connectivity index is 1.83. The maximum Gasteiger partial charge on any atom is 0.144 e. The van der Waals surface area contributed by atoms with Crippen molar-refractivity contribution in [3.8, 4) is 5.75 Å². The summed E-state index contributed by atoms with van der Waals surface area (Å²) >= 11 is 0. The third kappa shape index (κ3) is 4.70. The molecule has 0 spiro atoms. The van der Waals surface area contributed by atoms with E-state index in [0.29, 0.717) is 6.61 Å². The largest absolute Gasteiger partial charge is 0.493 e. The predicted molar refractivity (Wildman–Crippen MR) is 80.6 cm³/mol. The molecule has 105 valence electrons. The van der Waals surface area contributed by atoms with Gasteiger partial charge < -0.3 is 4.74 Å². The second-order valence-corrected chi connectivity index (χ2v) is 5.53. The van der Waals surface area contributed by atoms with Crippen LogP contribution in [-0.4, -0.2) is 15.0 Å². The SMILES string of the molecule is [CH2]c1ccc(CCOc2ccc(C[SH](=O)=O)cc2)cc1. The molecule has 0 amide bonds. The van der Waals surface area contributed by atoms with Crippen molar-refractivity contribution in [1.82, 2.24) is 0 Å². The van der Waals surface area contributed by atoms with Gasteiger partial charge in [-0.15, -0.1) is 0 Å². The van der Waals surface area contributed by atoms with Crippen LogP contribution >= 0.6 is 0 Å². The average molecular weight is 289 g/mol. The topological polar surface area (TPSA) is 43.4 Å². The maximum absolute atomic E-state index is 10.6. The van der Waals surface area contributed by atoms with E-state index in [4.69, 9.17) is 4.74 Å². The Morgan fingerprint density at radius 3 is 2.10 bits per heavy atom. The molecule has 0 saturated heterocycles. The van der Waals surface area contributed by atoms with Crippen LogP contribution < -0.4 is 4.74 Å². The zero-order chi connectivity index (χ0) is 14.4. The third-order valence-corrected chi connectivity index (χ3v) is 3.54. The van der Waals surface area contributed by atoms with E-state index in [-0.39, 0.29) is 5.75 Å². The van der Waals surface area contributed by atoms with E-state index in [1.807, 2.05) is 24.3 Å². The standard InChI is InChI=1S/C16H17O3S/c1-13-2-4-14(5-3-13)10-11-19-16-8-6-15(7-9-16)12-20(17)18/h2-9,20H,1,10-12H2. The smallest absolute Gasteiger partial charge is 0.144 e. The minimum atomic E-state index is -2.38. The Bertz CT molecular complexity index is 605. The summed E-state index contributed by atoms with van der Waals surface area (Å²) < 4.78 is 26.8. The van der Waals surface area contributed by atoms with Crippen LogP contribution in [0.15, 0.2) is 48.5 Å². The number of hydrogen-bond acceptors (Lipinski definition) is 3. The summed E-state index contributed by atoms with van der Waals surface area (Å²) in [6.07, 6.45) is 0.828. The first-order valence-electron chi connectivity index (χ1n) is 6.38. The molecule has 0 fully saturated rings. The summed E-state index contributed by atoms with van der Waals surface area (Å²) in [6, 6.07) is 15.2. The lowest BCUT2D eigenvalue weighted by Crippen LogP contribution is -2.01. The molecule has 2 aromatic carbocycles. The highest BCUT2D eigenvalue weighted by Crippen LogP contribution is 2.13. The quantitative estimate of drug-likeness (QED) is 0.831. The van der Waals surface area contributed by atoms with Crippen molar-refractivity contribution in [2.45, 2.75) is 12.2 Å². The molecule has 0 atom stereocenters. The number of ether oxygens (including phenoxy) is 1. The summed E-state index contributed by atoms with van der Waals surface area (Å²) in [5.41, 5.74) is 2.99. The fraction of sp³-hybridized carbons (Fsp3) is 0.188. The van der Waals surface area contributed by atoms with Gasteiger partial charge >= 0.3 is 0 Å². The Hall–Kier alpha value is -1.81. The first-order valence-corrected chi connectivity index (χ1v) is 7.74. The summed E-state index contributed by atoms with van der Waals surface area (Å²) in [4.78, 5) is 0. The van der Waals surface area contributed by atoms with Crippen molar-refractivity contribution in [1.29, 1.82) is 0 Å². The van der Waals surface area contributed by atoms with Gasteiger partial charge in [0.05, 0.1) is 12.4 Å². The second kappa shape index (κ2) is 7.10. The molecule has 0 aliphatic rings. The Kier molecular flexibility index (Phi) is 5.18. The van der Waals surface area contributed by atoms with Gasteiger partial charge in [0.25, 0.3) is 0 Å². The van der Waals surface area contributed by atoms with Crippen molar-refractivity contribution >= 4 is 10.7 Å². The Morgan fingerprint density at radius 1 is 0.900 bits per heavy atom. The molecule has 1 radical (unpaired) electrons. The fourth-order valence-electron chi connectivity index (χ4n) is 1.83.